The maximum absolute atomic E-state index is 5.23. The monoisotopic (exact) mass is 316 g/mol. The molecule has 7 heteroatoms. The predicted octanol–water partition coefficient (Wildman–Crippen LogP) is 3.56. The van der Waals surface area contributed by atoms with Gasteiger partial charge in [0.1, 0.15) is 5.75 Å². The van der Waals surface area contributed by atoms with E-state index in [1.54, 1.807) is 29.3 Å². The molecule has 0 saturated heterocycles. The van der Waals surface area contributed by atoms with Gasteiger partial charge in [-0.1, -0.05) is 6.07 Å². The molecule has 0 spiro atoms. The van der Waals surface area contributed by atoms with Crippen molar-refractivity contribution in [2.45, 2.75) is 0 Å². The average Bonchev–Trinajstić information content (AvgIpc) is 3.15. The van der Waals surface area contributed by atoms with Crippen molar-refractivity contribution in [3.8, 4) is 17.1 Å². The van der Waals surface area contributed by atoms with E-state index < -0.39 is 0 Å². The molecule has 1 aromatic carbocycles. The first kappa shape index (κ1) is 13.7. The lowest BCUT2D eigenvalue weighted by molar-refractivity contribution is 0.415. The van der Waals surface area contributed by atoms with E-state index in [1.807, 2.05) is 41.8 Å². The summed E-state index contributed by atoms with van der Waals surface area (Å²) in [5.74, 6) is 1.46. The van der Waals surface area contributed by atoms with Gasteiger partial charge in [0.05, 0.1) is 13.3 Å². The van der Waals surface area contributed by atoms with E-state index in [0.29, 0.717) is 10.6 Å². The largest absolute Gasteiger partial charge is 0.497 e. The summed E-state index contributed by atoms with van der Waals surface area (Å²) in [5, 5.41) is 13.4. The van der Waals surface area contributed by atoms with E-state index in [1.165, 1.54) is 0 Å². The molecule has 21 heavy (non-hydrogen) atoms. The third-order valence-electron chi connectivity index (χ3n) is 2.84. The minimum atomic E-state index is 0.452. The SMILES string of the molecule is COc1ccc(-c2n[nH]c(=S)n2N=Cc2cccs2)cc1. The summed E-state index contributed by atoms with van der Waals surface area (Å²) in [6, 6.07) is 11.6. The van der Waals surface area contributed by atoms with E-state index in [0.717, 1.165) is 16.2 Å². The second-order valence-electron chi connectivity index (χ2n) is 4.15. The van der Waals surface area contributed by atoms with Crippen LogP contribution >= 0.6 is 23.6 Å². The van der Waals surface area contributed by atoms with Crippen LogP contribution in [0.4, 0.5) is 0 Å². The number of aromatic amines is 1. The molecular weight excluding hydrogens is 304 g/mol. The second-order valence-corrected chi connectivity index (χ2v) is 5.52. The maximum Gasteiger partial charge on any atom is 0.216 e. The zero-order chi connectivity index (χ0) is 14.7. The molecule has 0 aliphatic heterocycles. The molecule has 0 unspecified atom stereocenters. The van der Waals surface area contributed by atoms with Crippen molar-refractivity contribution in [1.29, 1.82) is 0 Å². The molecule has 2 heterocycles. The Labute approximate surface area is 130 Å². The Hall–Kier alpha value is -2.25. The highest BCUT2D eigenvalue weighted by molar-refractivity contribution is 7.71. The van der Waals surface area contributed by atoms with Crippen molar-refractivity contribution in [1.82, 2.24) is 14.9 Å². The van der Waals surface area contributed by atoms with Crippen LogP contribution in [0.25, 0.3) is 11.4 Å². The minimum Gasteiger partial charge on any atom is -0.497 e. The normalized spacial score (nSPS) is 11.1. The number of rotatable bonds is 4. The molecule has 0 bridgehead atoms. The molecule has 106 valence electrons. The summed E-state index contributed by atoms with van der Waals surface area (Å²) in [6.45, 7) is 0. The van der Waals surface area contributed by atoms with Gasteiger partial charge in [0.2, 0.25) is 4.77 Å². The van der Waals surface area contributed by atoms with Gasteiger partial charge >= 0.3 is 0 Å². The summed E-state index contributed by atoms with van der Waals surface area (Å²) in [6.07, 6.45) is 1.77. The molecule has 1 N–H and O–H groups in total. The van der Waals surface area contributed by atoms with Gasteiger partial charge in [-0.2, -0.15) is 14.9 Å². The molecular formula is C14H12N4OS2. The number of hydrogen-bond acceptors (Lipinski definition) is 5. The van der Waals surface area contributed by atoms with E-state index >= 15 is 0 Å². The number of thiophene rings is 1. The first-order valence-electron chi connectivity index (χ1n) is 6.17. The minimum absolute atomic E-state index is 0.452. The van der Waals surface area contributed by atoms with Gasteiger partial charge < -0.3 is 4.74 Å². The molecule has 0 atom stereocenters. The van der Waals surface area contributed by atoms with Crippen LogP contribution in [-0.4, -0.2) is 28.2 Å². The van der Waals surface area contributed by atoms with E-state index in [9.17, 15) is 0 Å². The lowest BCUT2D eigenvalue weighted by atomic mass is 10.2. The number of hydrogen-bond donors (Lipinski definition) is 1. The molecule has 0 amide bonds. The molecule has 3 aromatic rings. The smallest absolute Gasteiger partial charge is 0.216 e. The van der Waals surface area contributed by atoms with Gasteiger partial charge in [-0.05, 0) is 47.9 Å². The Kier molecular flexibility index (Phi) is 3.94. The van der Waals surface area contributed by atoms with Crippen molar-refractivity contribution in [3.63, 3.8) is 0 Å². The fourth-order valence-electron chi connectivity index (χ4n) is 1.81. The number of nitrogens with zero attached hydrogens (tertiary/aromatic N) is 3. The van der Waals surface area contributed by atoms with Gasteiger partial charge in [-0.15, -0.1) is 11.3 Å². The van der Waals surface area contributed by atoms with Gasteiger partial charge in [-0.3, -0.25) is 0 Å². The van der Waals surface area contributed by atoms with Crippen molar-refractivity contribution >= 4 is 29.8 Å². The van der Waals surface area contributed by atoms with Crippen LogP contribution in [0, 0.1) is 4.77 Å². The maximum atomic E-state index is 5.23. The molecule has 0 fully saturated rings. The average molecular weight is 316 g/mol. The number of benzene rings is 1. The summed E-state index contributed by atoms with van der Waals surface area (Å²) in [4.78, 5) is 1.05. The highest BCUT2D eigenvalue weighted by Crippen LogP contribution is 2.20. The third kappa shape index (κ3) is 2.93. The topological polar surface area (TPSA) is 55.2 Å². The summed E-state index contributed by atoms with van der Waals surface area (Å²) < 4.78 is 7.21. The zero-order valence-corrected chi connectivity index (χ0v) is 12.8. The Balaban J connectivity index is 1.98. The van der Waals surface area contributed by atoms with Crippen molar-refractivity contribution in [3.05, 3.63) is 51.4 Å². The lowest BCUT2D eigenvalue weighted by Gasteiger charge is -2.02. The van der Waals surface area contributed by atoms with Crippen LogP contribution in [-0.2, 0) is 0 Å². The van der Waals surface area contributed by atoms with Crippen LogP contribution in [0.1, 0.15) is 4.88 Å². The number of methoxy groups -OCH3 is 1. The Morgan fingerprint density at radius 2 is 2.14 bits per heavy atom. The van der Waals surface area contributed by atoms with Crippen LogP contribution in [0.15, 0.2) is 46.9 Å². The Morgan fingerprint density at radius 3 is 2.81 bits per heavy atom. The van der Waals surface area contributed by atoms with Crippen LogP contribution in [0.3, 0.4) is 0 Å². The summed E-state index contributed by atoms with van der Waals surface area (Å²) >= 11 is 6.84. The zero-order valence-electron chi connectivity index (χ0n) is 11.2. The van der Waals surface area contributed by atoms with Gasteiger partial charge in [-0.25, -0.2) is 5.10 Å². The fourth-order valence-corrected chi connectivity index (χ4v) is 2.56. The Bertz CT molecular complexity index is 800. The predicted molar refractivity (Wildman–Crippen MR) is 86.7 cm³/mol. The number of ether oxygens (including phenoxy) is 1. The quantitative estimate of drug-likeness (QED) is 0.591. The fraction of sp³-hybridized carbons (Fsp3) is 0.0714. The van der Waals surface area contributed by atoms with Crippen molar-refractivity contribution in [2.75, 3.05) is 7.11 Å². The molecule has 0 aliphatic carbocycles. The van der Waals surface area contributed by atoms with E-state index in [2.05, 4.69) is 15.3 Å². The highest BCUT2D eigenvalue weighted by atomic mass is 32.1. The Morgan fingerprint density at radius 1 is 1.33 bits per heavy atom. The molecule has 5 nitrogen and oxygen atoms in total. The molecule has 2 aromatic heterocycles. The number of nitrogens with one attached hydrogen (secondary N) is 1. The molecule has 0 aliphatic rings. The van der Waals surface area contributed by atoms with Gasteiger partial charge in [0.15, 0.2) is 5.82 Å². The summed E-state index contributed by atoms with van der Waals surface area (Å²) in [7, 11) is 1.64. The van der Waals surface area contributed by atoms with Crippen LogP contribution in [0.2, 0.25) is 0 Å². The molecule has 0 radical (unpaired) electrons. The van der Waals surface area contributed by atoms with E-state index in [-0.39, 0.29) is 0 Å². The van der Waals surface area contributed by atoms with Crippen LogP contribution in [0.5, 0.6) is 5.75 Å². The lowest BCUT2D eigenvalue weighted by Crippen LogP contribution is -1.94. The van der Waals surface area contributed by atoms with Gasteiger partial charge in [0, 0.05) is 10.4 Å². The van der Waals surface area contributed by atoms with Gasteiger partial charge in [0.25, 0.3) is 0 Å². The second kappa shape index (κ2) is 6.02. The standard InChI is InChI=1S/C14H12N4OS2/c1-19-11-6-4-10(5-7-11)13-16-17-14(20)18(13)15-9-12-3-2-8-21-12/h2-9H,1H3,(H,17,20). The third-order valence-corrected chi connectivity index (χ3v) is 3.91. The van der Waals surface area contributed by atoms with Crippen molar-refractivity contribution < 1.29 is 4.74 Å². The van der Waals surface area contributed by atoms with Crippen LogP contribution < -0.4 is 4.74 Å². The highest BCUT2D eigenvalue weighted by Gasteiger charge is 2.08. The van der Waals surface area contributed by atoms with Crippen molar-refractivity contribution in [2.24, 2.45) is 5.10 Å². The van der Waals surface area contributed by atoms with E-state index in [4.69, 9.17) is 17.0 Å². The molecule has 0 saturated carbocycles. The first-order valence-corrected chi connectivity index (χ1v) is 7.46. The first-order chi connectivity index (χ1) is 10.3. The number of H-pyrrole nitrogens is 1. The number of aromatic nitrogens is 3. The molecule has 3 rings (SSSR count). The summed E-state index contributed by atoms with van der Waals surface area (Å²) in [5.41, 5.74) is 0.909.